The van der Waals surface area contributed by atoms with Crippen molar-refractivity contribution in [1.29, 1.82) is 0 Å². The Hall–Kier alpha value is -0.570. The highest BCUT2D eigenvalue weighted by atomic mass is 16.2. The van der Waals surface area contributed by atoms with Gasteiger partial charge in [-0.25, -0.2) is 0 Å². The number of nitrogens with zero attached hydrogens (tertiary/aromatic N) is 1. The Bertz CT molecular complexity index is 293. The largest absolute Gasteiger partial charge is 0.341 e. The Balaban J connectivity index is 1.59. The SMILES string of the molecule is CC1CCNC(C(=O)N2CC3CCCC3C2)C1. The van der Waals surface area contributed by atoms with Crippen LogP contribution in [0, 0.1) is 17.8 Å². The Morgan fingerprint density at radius 2 is 1.88 bits per heavy atom. The number of hydrogen-bond acceptors (Lipinski definition) is 2. The van der Waals surface area contributed by atoms with Gasteiger partial charge in [-0.15, -0.1) is 0 Å². The molecule has 2 saturated heterocycles. The Morgan fingerprint density at radius 1 is 1.18 bits per heavy atom. The first-order valence-electron chi connectivity index (χ1n) is 7.26. The average molecular weight is 236 g/mol. The van der Waals surface area contributed by atoms with Crippen LogP contribution >= 0.6 is 0 Å². The van der Waals surface area contributed by atoms with Crippen molar-refractivity contribution in [1.82, 2.24) is 10.2 Å². The molecule has 0 aromatic heterocycles. The van der Waals surface area contributed by atoms with E-state index in [1.165, 1.54) is 25.7 Å². The molecule has 2 aliphatic heterocycles. The van der Waals surface area contributed by atoms with Gasteiger partial charge in [0.25, 0.3) is 0 Å². The molecular weight excluding hydrogens is 212 g/mol. The van der Waals surface area contributed by atoms with E-state index >= 15 is 0 Å². The van der Waals surface area contributed by atoms with Gasteiger partial charge in [0.15, 0.2) is 0 Å². The number of fused-ring (bicyclic) bond motifs is 1. The number of likely N-dealkylation sites (tertiary alicyclic amines) is 1. The molecule has 3 fully saturated rings. The maximum absolute atomic E-state index is 12.4. The fraction of sp³-hybridized carbons (Fsp3) is 0.929. The highest BCUT2D eigenvalue weighted by Crippen LogP contribution is 2.38. The second-order valence-corrected chi connectivity index (χ2v) is 6.33. The zero-order valence-corrected chi connectivity index (χ0v) is 10.8. The standard InChI is InChI=1S/C14H24N2O/c1-10-5-6-15-13(7-10)14(17)16-8-11-3-2-4-12(11)9-16/h10-13,15H,2-9H2,1H3. The monoisotopic (exact) mass is 236 g/mol. The smallest absolute Gasteiger partial charge is 0.239 e. The summed E-state index contributed by atoms with van der Waals surface area (Å²) in [4.78, 5) is 14.6. The van der Waals surface area contributed by atoms with Crippen LogP contribution < -0.4 is 5.32 Å². The summed E-state index contributed by atoms with van der Waals surface area (Å²) in [6.45, 7) is 5.35. The van der Waals surface area contributed by atoms with E-state index in [9.17, 15) is 4.79 Å². The molecule has 96 valence electrons. The van der Waals surface area contributed by atoms with Crippen LogP contribution in [0.3, 0.4) is 0 Å². The minimum atomic E-state index is 0.109. The van der Waals surface area contributed by atoms with E-state index in [1.54, 1.807) is 0 Å². The molecule has 2 heterocycles. The van der Waals surface area contributed by atoms with Gasteiger partial charge >= 0.3 is 0 Å². The third-order valence-electron chi connectivity index (χ3n) is 5.00. The van der Waals surface area contributed by atoms with Gasteiger partial charge in [0.05, 0.1) is 6.04 Å². The van der Waals surface area contributed by atoms with Crippen LogP contribution in [0.5, 0.6) is 0 Å². The summed E-state index contributed by atoms with van der Waals surface area (Å²) in [5, 5.41) is 3.40. The number of amides is 1. The first-order chi connectivity index (χ1) is 8.24. The van der Waals surface area contributed by atoms with Crippen LogP contribution in [0.2, 0.25) is 0 Å². The van der Waals surface area contributed by atoms with Gasteiger partial charge < -0.3 is 10.2 Å². The van der Waals surface area contributed by atoms with Crippen molar-refractivity contribution in [2.24, 2.45) is 17.8 Å². The summed E-state index contributed by atoms with van der Waals surface area (Å²) in [7, 11) is 0. The molecule has 1 aliphatic carbocycles. The van der Waals surface area contributed by atoms with Crippen molar-refractivity contribution in [3.63, 3.8) is 0 Å². The lowest BCUT2D eigenvalue weighted by molar-refractivity contribution is -0.133. The molecule has 0 radical (unpaired) electrons. The van der Waals surface area contributed by atoms with Crippen LogP contribution in [0.4, 0.5) is 0 Å². The highest BCUT2D eigenvalue weighted by Gasteiger charge is 2.40. The Kier molecular flexibility index (Phi) is 3.12. The number of carbonyl (C=O) groups is 1. The normalized spacial score (nSPS) is 41.6. The van der Waals surface area contributed by atoms with Gasteiger partial charge in [-0.1, -0.05) is 13.3 Å². The van der Waals surface area contributed by atoms with E-state index in [-0.39, 0.29) is 6.04 Å². The summed E-state index contributed by atoms with van der Waals surface area (Å²) < 4.78 is 0. The maximum Gasteiger partial charge on any atom is 0.239 e. The number of nitrogens with one attached hydrogen (secondary N) is 1. The second kappa shape index (κ2) is 4.60. The van der Waals surface area contributed by atoms with Crippen LogP contribution in [-0.2, 0) is 4.79 Å². The maximum atomic E-state index is 12.4. The zero-order valence-electron chi connectivity index (χ0n) is 10.8. The molecule has 4 unspecified atom stereocenters. The van der Waals surface area contributed by atoms with Gasteiger partial charge in [0.2, 0.25) is 5.91 Å². The molecule has 0 aromatic carbocycles. The van der Waals surface area contributed by atoms with Gasteiger partial charge in [-0.05, 0) is 50.0 Å². The predicted octanol–water partition coefficient (Wildman–Crippen LogP) is 1.63. The molecule has 17 heavy (non-hydrogen) atoms. The predicted molar refractivity (Wildman–Crippen MR) is 67.6 cm³/mol. The van der Waals surface area contributed by atoms with E-state index in [0.717, 1.165) is 37.9 Å². The fourth-order valence-corrected chi connectivity index (χ4v) is 3.93. The molecule has 3 nitrogen and oxygen atoms in total. The topological polar surface area (TPSA) is 32.3 Å². The van der Waals surface area contributed by atoms with E-state index in [0.29, 0.717) is 11.8 Å². The molecule has 3 heteroatoms. The molecular formula is C14H24N2O. The zero-order chi connectivity index (χ0) is 11.8. The number of hydrogen-bond donors (Lipinski definition) is 1. The summed E-state index contributed by atoms with van der Waals surface area (Å²) in [5.74, 6) is 2.72. The summed E-state index contributed by atoms with van der Waals surface area (Å²) in [6.07, 6.45) is 6.33. The third kappa shape index (κ3) is 2.22. The second-order valence-electron chi connectivity index (χ2n) is 6.33. The first kappa shape index (κ1) is 11.5. The van der Waals surface area contributed by atoms with Crippen molar-refractivity contribution in [3.8, 4) is 0 Å². The molecule has 0 bridgehead atoms. The van der Waals surface area contributed by atoms with E-state index in [1.807, 2.05) is 0 Å². The highest BCUT2D eigenvalue weighted by molar-refractivity contribution is 5.82. The summed E-state index contributed by atoms with van der Waals surface area (Å²) >= 11 is 0. The average Bonchev–Trinajstić information content (AvgIpc) is 2.88. The molecule has 0 spiro atoms. The lowest BCUT2D eigenvalue weighted by atomic mass is 9.93. The number of carbonyl (C=O) groups excluding carboxylic acids is 1. The quantitative estimate of drug-likeness (QED) is 0.750. The van der Waals surface area contributed by atoms with Crippen LogP contribution in [0.25, 0.3) is 0 Å². The Morgan fingerprint density at radius 3 is 2.53 bits per heavy atom. The van der Waals surface area contributed by atoms with Gasteiger partial charge in [0, 0.05) is 13.1 Å². The van der Waals surface area contributed by atoms with Crippen LogP contribution in [0.15, 0.2) is 0 Å². The van der Waals surface area contributed by atoms with Gasteiger partial charge in [-0.2, -0.15) is 0 Å². The molecule has 3 aliphatic rings. The Labute approximate surface area is 104 Å². The van der Waals surface area contributed by atoms with Crippen molar-refractivity contribution in [3.05, 3.63) is 0 Å². The summed E-state index contributed by atoms with van der Waals surface area (Å²) in [6, 6.07) is 0.109. The molecule has 1 N–H and O–H groups in total. The molecule has 4 atom stereocenters. The van der Waals surface area contributed by atoms with Crippen molar-refractivity contribution in [2.75, 3.05) is 19.6 Å². The van der Waals surface area contributed by atoms with Crippen molar-refractivity contribution in [2.45, 2.75) is 45.1 Å². The fourth-order valence-electron chi connectivity index (χ4n) is 3.93. The molecule has 1 saturated carbocycles. The van der Waals surface area contributed by atoms with Gasteiger partial charge in [-0.3, -0.25) is 4.79 Å². The minimum Gasteiger partial charge on any atom is -0.341 e. The van der Waals surface area contributed by atoms with E-state index < -0.39 is 0 Å². The third-order valence-corrected chi connectivity index (χ3v) is 5.00. The van der Waals surface area contributed by atoms with E-state index in [4.69, 9.17) is 0 Å². The van der Waals surface area contributed by atoms with Crippen LogP contribution in [0.1, 0.15) is 39.0 Å². The first-order valence-corrected chi connectivity index (χ1v) is 7.26. The number of piperidine rings is 1. The van der Waals surface area contributed by atoms with Crippen molar-refractivity contribution < 1.29 is 4.79 Å². The van der Waals surface area contributed by atoms with E-state index in [2.05, 4.69) is 17.1 Å². The van der Waals surface area contributed by atoms with Crippen LogP contribution in [-0.4, -0.2) is 36.5 Å². The molecule has 1 amide bonds. The summed E-state index contributed by atoms with van der Waals surface area (Å²) in [5.41, 5.74) is 0. The number of rotatable bonds is 1. The van der Waals surface area contributed by atoms with Gasteiger partial charge in [0.1, 0.15) is 0 Å². The van der Waals surface area contributed by atoms with Crippen molar-refractivity contribution >= 4 is 5.91 Å². The molecule has 0 aromatic rings. The minimum absolute atomic E-state index is 0.109. The molecule has 3 rings (SSSR count). The lowest BCUT2D eigenvalue weighted by Crippen LogP contribution is -2.49. The lowest BCUT2D eigenvalue weighted by Gasteiger charge is -2.30.